The zero-order chi connectivity index (χ0) is 26.8. The predicted octanol–water partition coefficient (Wildman–Crippen LogP) is 6.34. The maximum absolute atomic E-state index is 12.9. The van der Waals surface area contributed by atoms with Crippen LogP contribution in [0.15, 0.2) is 66.7 Å². The van der Waals surface area contributed by atoms with E-state index in [0.717, 1.165) is 16.9 Å². The highest BCUT2D eigenvalue weighted by molar-refractivity contribution is 5.93. The van der Waals surface area contributed by atoms with Crippen molar-refractivity contribution in [1.82, 2.24) is 0 Å². The Labute approximate surface area is 216 Å². The molecule has 0 aromatic heterocycles. The Balaban J connectivity index is 1.37. The van der Waals surface area contributed by atoms with Crippen molar-refractivity contribution in [2.24, 2.45) is 0 Å². The van der Waals surface area contributed by atoms with E-state index in [1.54, 1.807) is 24.3 Å². The van der Waals surface area contributed by atoms with Gasteiger partial charge in [-0.15, -0.1) is 0 Å². The molecule has 0 radical (unpaired) electrons. The fourth-order valence-electron chi connectivity index (χ4n) is 3.51. The lowest BCUT2D eigenvalue weighted by atomic mass is 10.0. The first kappa shape index (κ1) is 27.4. The van der Waals surface area contributed by atoms with Gasteiger partial charge < -0.3 is 20.1 Å². The molecular weight excluding hydrogens is 475 g/mol. The molecule has 0 fully saturated rings. The van der Waals surface area contributed by atoms with Crippen molar-refractivity contribution in [3.05, 3.63) is 83.7 Å². The number of ether oxygens (including phenoxy) is 2. The molecule has 3 aromatic rings. The number of hydrogen-bond donors (Lipinski definition) is 2. The van der Waals surface area contributed by atoms with Crippen molar-refractivity contribution in [2.75, 3.05) is 17.2 Å². The Hall–Kier alpha value is -4.20. The molecule has 0 heterocycles. The summed E-state index contributed by atoms with van der Waals surface area (Å²) in [5.74, 6) is 0.0240. The molecule has 194 valence electrons. The van der Waals surface area contributed by atoms with Crippen LogP contribution >= 0.6 is 0 Å². The third-order valence-corrected chi connectivity index (χ3v) is 5.43. The van der Waals surface area contributed by atoms with Gasteiger partial charge in [0.2, 0.25) is 5.91 Å². The summed E-state index contributed by atoms with van der Waals surface area (Å²) in [6.45, 7) is 5.78. The van der Waals surface area contributed by atoms with E-state index in [4.69, 9.17) is 9.47 Å². The molecule has 0 aliphatic carbocycles. The standard InChI is InChI=1S/C29H31FN2O5/c1-19(2)25-16-7-20(3)17-26(25)37-24-14-12-23(13-15-24)31-27(33)5-4-6-29(35)36-18-28(34)32-22-10-8-21(30)9-11-22/h7-17,19H,4-6,18H2,1-3H3,(H,31,33)(H,32,34). The van der Waals surface area contributed by atoms with Gasteiger partial charge in [0.15, 0.2) is 6.61 Å². The molecule has 0 aliphatic rings. The molecule has 0 unspecified atom stereocenters. The minimum atomic E-state index is -0.583. The maximum Gasteiger partial charge on any atom is 0.306 e. The molecular formula is C29H31FN2O5. The highest BCUT2D eigenvalue weighted by Crippen LogP contribution is 2.32. The smallest absolute Gasteiger partial charge is 0.306 e. The third kappa shape index (κ3) is 9.07. The Morgan fingerprint density at radius 1 is 0.838 bits per heavy atom. The van der Waals surface area contributed by atoms with Crippen LogP contribution < -0.4 is 15.4 Å². The Morgan fingerprint density at radius 2 is 1.46 bits per heavy atom. The fraction of sp³-hybridized carbons (Fsp3) is 0.276. The molecule has 7 nitrogen and oxygen atoms in total. The predicted molar refractivity (Wildman–Crippen MR) is 140 cm³/mol. The fourth-order valence-corrected chi connectivity index (χ4v) is 3.51. The SMILES string of the molecule is Cc1ccc(C(C)C)c(Oc2ccc(NC(=O)CCCC(=O)OCC(=O)Nc3ccc(F)cc3)cc2)c1. The molecule has 37 heavy (non-hydrogen) atoms. The van der Waals surface area contributed by atoms with E-state index in [1.807, 2.05) is 13.0 Å². The number of rotatable bonds is 11. The quantitative estimate of drug-likeness (QED) is 0.296. The summed E-state index contributed by atoms with van der Waals surface area (Å²) in [7, 11) is 0. The average Bonchev–Trinajstić information content (AvgIpc) is 2.85. The molecule has 0 aliphatic heterocycles. The number of carbonyl (C=O) groups is 3. The second-order valence-electron chi connectivity index (χ2n) is 8.94. The van der Waals surface area contributed by atoms with Crippen LogP contribution in [-0.2, 0) is 19.1 Å². The summed E-state index contributed by atoms with van der Waals surface area (Å²) >= 11 is 0. The lowest BCUT2D eigenvalue weighted by molar-refractivity contribution is -0.147. The van der Waals surface area contributed by atoms with Gasteiger partial charge in [-0.2, -0.15) is 0 Å². The molecule has 0 bridgehead atoms. The van der Waals surface area contributed by atoms with E-state index in [2.05, 4.69) is 36.6 Å². The number of nitrogens with one attached hydrogen (secondary N) is 2. The van der Waals surface area contributed by atoms with Gasteiger partial charge in [-0.25, -0.2) is 4.39 Å². The highest BCUT2D eigenvalue weighted by atomic mass is 19.1. The highest BCUT2D eigenvalue weighted by Gasteiger charge is 2.11. The topological polar surface area (TPSA) is 93.7 Å². The molecule has 3 aromatic carbocycles. The number of hydrogen-bond acceptors (Lipinski definition) is 5. The normalized spacial score (nSPS) is 10.6. The molecule has 0 spiro atoms. The van der Waals surface area contributed by atoms with E-state index in [0.29, 0.717) is 23.0 Å². The summed E-state index contributed by atoms with van der Waals surface area (Å²) < 4.78 is 23.9. The lowest BCUT2D eigenvalue weighted by Gasteiger charge is -2.15. The van der Waals surface area contributed by atoms with Crippen LogP contribution in [0.1, 0.15) is 50.2 Å². The van der Waals surface area contributed by atoms with Crippen LogP contribution in [0.3, 0.4) is 0 Å². The van der Waals surface area contributed by atoms with E-state index in [9.17, 15) is 18.8 Å². The Morgan fingerprint density at radius 3 is 2.11 bits per heavy atom. The van der Waals surface area contributed by atoms with Gasteiger partial charge in [0.1, 0.15) is 17.3 Å². The van der Waals surface area contributed by atoms with Gasteiger partial charge in [-0.1, -0.05) is 26.0 Å². The monoisotopic (exact) mass is 506 g/mol. The van der Waals surface area contributed by atoms with Crippen LogP contribution in [0.2, 0.25) is 0 Å². The van der Waals surface area contributed by atoms with Crippen LogP contribution in [0.5, 0.6) is 11.5 Å². The number of carbonyl (C=O) groups excluding carboxylic acids is 3. The minimum absolute atomic E-state index is 0.00129. The Bertz CT molecular complexity index is 1220. The van der Waals surface area contributed by atoms with Gasteiger partial charge in [-0.05, 0) is 85.0 Å². The molecule has 0 saturated carbocycles. The van der Waals surface area contributed by atoms with Crippen LogP contribution in [0, 0.1) is 12.7 Å². The number of amides is 2. The van der Waals surface area contributed by atoms with Crippen molar-refractivity contribution < 1.29 is 28.2 Å². The number of halogens is 1. The summed E-state index contributed by atoms with van der Waals surface area (Å²) in [4.78, 5) is 35.9. The summed E-state index contributed by atoms with van der Waals surface area (Å²) in [6.07, 6.45) is 0.394. The van der Waals surface area contributed by atoms with Gasteiger partial charge in [-0.3, -0.25) is 14.4 Å². The maximum atomic E-state index is 12.9. The first-order chi connectivity index (χ1) is 17.7. The number of anilines is 2. The zero-order valence-corrected chi connectivity index (χ0v) is 21.2. The van der Waals surface area contributed by atoms with E-state index < -0.39 is 24.3 Å². The van der Waals surface area contributed by atoms with Gasteiger partial charge >= 0.3 is 5.97 Å². The van der Waals surface area contributed by atoms with Crippen molar-refractivity contribution in [2.45, 2.75) is 46.0 Å². The summed E-state index contributed by atoms with van der Waals surface area (Å²) in [5, 5.41) is 5.29. The first-order valence-electron chi connectivity index (χ1n) is 12.1. The molecule has 8 heteroatoms. The van der Waals surface area contributed by atoms with Crippen molar-refractivity contribution in [3.8, 4) is 11.5 Å². The van der Waals surface area contributed by atoms with Crippen LogP contribution in [-0.4, -0.2) is 24.4 Å². The zero-order valence-electron chi connectivity index (χ0n) is 21.2. The average molecular weight is 507 g/mol. The van der Waals surface area contributed by atoms with Crippen LogP contribution in [0.4, 0.5) is 15.8 Å². The molecule has 0 atom stereocenters. The van der Waals surface area contributed by atoms with Gasteiger partial charge in [0.25, 0.3) is 5.91 Å². The van der Waals surface area contributed by atoms with Crippen molar-refractivity contribution in [1.29, 1.82) is 0 Å². The summed E-state index contributed by atoms with van der Waals surface area (Å²) in [5.41, 5.74) is 3.25. The van der Waals surface area contributed by atoms with Crippen molar-refractivity contribution in [3.63, 3.8) is 0 Å². The number of esters is 1. The van der Waals surface area contributed by atoms with Crippen LogP contribution in [0.25, 0.3) is 0 Å². The first-order valence-corrected chi connectivity index (χ1v) is 12.1. The second-order valence-corrected chi connectivity index (χ2v) is 8.94. The second kappa shape index (κ2) is 13.2. The van der Waals surface area contributed by atoms with Crippen molar-refractivity contribution >= 4 is 29.2 Å². The number of aryl methyl sites for hydroxylation is 1. The summed E-state index contributed by atoms with van der Waals surface area (Å²) in [6, 6.07) is 18.5. The van der Waals surface area contributed by atoms with E-state index in [1.165, 1.54) is 24.3 Å². The van der Waals surface area contributed by atoms with E-state index in [-0.39, 0.29) is 25.2 Å². The lowest BCUT2D eigenvalue weighted by Crippen LogP contribution is -2.21. The molecule has 2 N–H and O–H groups in total. The van der Waals surface area contributed by atoms with E-state index >= 15 is 0 Å². The minimum Gasteiger partial charge on any atom is -0.457 e. The van der Waals surface area contributed by atoms with Gasteiger partial charge in [0, 0.05) is 24.2 Å². The largest absolute Gasteiger partial charge is 0.457 e. The number of benzene rings is 3. The molecule has 2 amide bonds. The Kier molecular flexibility index (Phi) is 9.77. The molecule has 0 saturated heterocycles. The van der Waals surface area contributed by atoms with Gasteiger partial charge in [0.05, 0.1) is 0 Å². The molecule has 3 rings (SSSR count). The third-order valence-electron chi connectivity index (χ3n) is 5.43.